The number of hydrogen-bond donors (Lipinski definition) is 2. The number of nitrogens with zero attached hydrogens (tertiary/aromatic N) is 2. The molecule has 0 fully saturated rings. The standard InChI is InChI=1S/C5H15N4O2/c1-5(2)11-7-9(10)8(4)6-3/h5-7H,1-4H3/q-1. The first-order chi connectivity index (χ1) is 5.07. The van der Waals surface area contributed by atoms with Gasteiger partial charge in [0.1, 0.15) is 0 Å². The molecule has 0 saturated heterocycles. The minimum absolute atomic E-state index is 0.0308. The molecule has 0 aliphatic heterocycles. The molecule has 0 aromatic rings. The predicted molar refractivity (Wildman–Crippen MR) is 41.4 cm³/mol. The first-order valence-corrected chi connectivity index (χ1v) is 3.37. The fourth-order valence-corrected chi connectivity index (χ4v) is 0.303. The Balaban J connectivity index is 3.43. The van der Waals surface area contributed by atoms with E-state index in [4.69, 9.17) is 4.84 Å². The van der Waals surface area contributed by atoms with Crippen LogP contribution in [0.3, 0.4) is 0 Å². The largest absolute Gasteiger partial charge is 0.755 e. The zero-order chi connectivity index (χ0) is 8.85. The van der Waals surface area contributed by atoms with Gasteiger partial charge in [0.25, 0.3) is 0 Å². The first kappa shape index (κ1) is 10.8. The van der Waals surface area contributed by atoms with Crippen molar-refractivity contribution in [3.05, 3.63) is 5.21 Å². The van der Waals surface area contributed by atoms with Crippen LogP contribution in [0.4, 0.5) is 0 Å². The third-order valence-electron chi connectivity index (χ3n) is 0.963. The van der Waals surface area contributed by atoms with Crippen molar-refractivity contribution in [2.45, 2.75) is 20.0 Å². The number of nitrogens with one attached hydrogen (secondary N) is 2. The Morgan fingerprint density at radius 2 is 2.00 bits per heavy atom. The molecule has 68 valence electrons. The van der Waals surface area contributed by atoms with Crippen LogP contribution in [0.1, 0.15) is 13.8 Å². The molecule has 0 aromatic heterocycles. The van der Waals surface area contributed by atoms with Crippen LogP contribution in [-0.2, 0) is 4.84 Å². The molecule has 0 saturated carbocycles. The summed E-state index contributed by atoms with van der Waals surface area (Å²) in [5, 5.41) is 12.5. The number of rotatable bonds is 5. The summed E-state index contributed by atoms with van der Waals surface area (Å²) < 4.78 is 0. The molecular formula is C5H15N4O2-. The van der Waals surface area contributed by atoms with Gasteiger partial charge < -0.3 is 5.21 Å². The Labute approximate surface area is 66.5 Å². The lowest BCUT2D eigenvalue weighted by molar-refractivity contribution is -0.182. The van der Waals surface area contributed by atoms with Gasteiger partial charge in [-0.1, -0.05) is 0 Å². The van der Waals surface area contributed by atoms with Crippen molar-refractivity contribution < 1.29 is 4.84 Å². The van der Waals surface area contributed by atoms with Crippen molar-refractivity contribution in [1.29, 1.82) is 0 Å². The van der Waals surface area contributed by atoms with Crippen LogP contribution in [0, 0.1) is 5.21 Å². The molecule has 11 heavy (non-hydrogen) atoms. The highest BCUT2D eigenvalue weighted by molar-refractivity contribution is 4.36. The number of hydrogen-bond acceptors (Lipinski definition) is 6. The quantitative estimate of drug-likeness (QED) is 0.538. The summed E-state index contributed by atoms with van der Waals surface area (Å²) in [4.78, 5) is 4.81. The van der Waals surface area contributed by atoms with Gasteiger partial charge in [0.2, 0.25) is 0 Å². The molecule has 0 amide bonds. The molecule has 0 atom stereocenters. The van der Waals surface area contributed by atoms with Crippen molar-refractivity contribution in [3.63, 3.8) is 0 Å². The summed E-state index contributed by atoms with van der Waals surface area (Å²) >= 11 is 0. The van der Waals surface area contributed by atoms with E-state index in [1.165, 1.54) is 5.12 Å². The van der Waals surface area contributed by atoms with Crippen molar-refractivity contribution in [1.82, 2.24) is 21.4 Å². The maximum atomic E-state index is 10.8. The molecule has 0 unspecified atom stereocenters. The van der Waals surface area contributed by atoms with Crippen molar-refractivity contribution >= 4 is 0 Å². The van der Waals surface area contributed by atoms with Gasteiger partial charge >= 0.3 is 0 Å². The molecule has 0 aromatic carbocycles. The fraction of sp³-hybridized carbons (Fsp3) is 1.00. The maximum absolute atomic E-state index is 10.8. The van der Waals surface area contributed by atoms with Crippen LogP contribution >= 0.6 is 0 Å². The van der Waals surface area contributed by atoms with Crippen LogP contribution in [-0.4, -0.2) is 30.6 Å². The van der Waals surface area contributed by atoms with E-state index in [-0.39, 0.29) is 6.10 Å². The van der Waals surface area contributed by atoms with Gasteiger partial charge in [0, 0.05) is 14.1 Å². The zero-order valence-electron chi connectivity index (χ0n) is 7.29. The van der Waals surface area contributed by atoms with Crippen molar-refractivity contribution in [2.75, 3.05) is 14.1 Å². The van der Waals surface area contributed by atoms with Gasteiger partial charge in [0.05, 0.1) is 6.10 Å². The van der Waals surface area contributed by atoms with Crippen LogP contribution in [0.2, 0.25) is 0 Å². The summed E-state index contributed by atoms with van der Waals surface area (Å²) in [6, 6.07) is 0. The lowest BCUT2D eigenvalue weighted by Crippen LogP contribution is -2.50. The fourth-order valence-electron chi connectivity index (χ4n) is 0.303. The summed E-state index contributed by atoms with van der Waals surface area (Å²) in [5.74, 6) is 0. The summed E-state index contributed by atoms with van der Waals surface area (Å²) in [6.45, 7) is 3.64. The maximum Gasteiger partial charge on any atom is 0.0750 e. The average molecular weight is 163 g/mol. The Morgan fingerprint density at radius 1 is 1.45 bits per heavy atom. The smallest absolute Gasteiger partial charge is 0.0750 e. The second-order valence-electron chi connectivity index (χ2n) is 2.28. The molecule has 0 heterocycles. The molecule has 2 N–H and O–H groups in total. The summed E-state index contributed by atoms with van der Waals surface area (Å²) in [6.07, 6.45) is -0.0308. The molecular weight excluding hydrogens is 148 g/mol. The lowest BCUT2D eigenvalue weighted by atomic mass is 10.5. The van der Waals surface area contributed by atoms with E-state index < -0.39 is 0 Å². The topological polar surface area (TPSA) is 62.8 Å². The average Bonchev–Trinajstić information content (AvgIpc) is 1.98. The highest BCUT2D eigenvalue weighted by atomic mass is 16.8. The third kappa shape index (κ3) is 5.08. The first-order valence-electron chi connectivity index (χ1n) is 3.37. The SMILES string of the molecule is CNN(C)N([O-])NOC(C)C. The van der Waals surface area contributed by atoms with Gasteiger partial charge in [-0.2, -0.15) is 5.12 Å². The molecule has 6 heteroatoms. The highest BCUT2D eigenvalue weighted by Crippen LogP contribution is 1.86. The van der Waals surface area contributed by atoms with Gasteiger partial charge in [-0.3, -0.25) is 4.84 Å². The molecule has 6 nitrogen and oxygen atoms in total. The second-order valence-corrected chi connectivity index (χ2v) is 2.28. The minimum Gasteiger partial charge on any atom is -0.755 e. The molecule has 0 aliphatic carbocycles. The zero-order valence-corrected chi connectivity index (χ0v) is 7.29. The molecule has 0 radical (unpaired) electrons. The second kappa shape index (κ2) is 5.42. The third-order valence-corrected chi connectivity index (χ3v) is 0.963. The Hall–Kier alpha value is -0.240. The van der Waals surface area contributed by atoms with Gasteiger partial charge in [-0.25, -0.2) is 10.7 Å². The van der Waals surface area contributed by atoms with E-state index in [1.54, 1.807) is 14.1 Å². The van der Waals surface area contributed by atoms with Crippen LogP contribution in [0.25, 0.3) is 0 Å². The van der Waals surface area contributed by atoms with Gasteiger partial charge in [-0.05, 0) is 13.8 Å². The Bertz CT molecular complexity index is 100. The normalized spacial score (nSPS) is 12.0. The number of hydrazine groups is 3. The monoisotopic (exact) mass is 163 g/mol. The lowest BCUT2D eigenvalue weighted by Gasteiger charge is -2.35. The molecule has 0 rings (SSSR count). The van der Waals surface area contributed by atoms with Crippen LogP contribution < -0.4 is 11.0 Å². The Kier molecular flexibility index (Phi) is 5.30. The van der Waals surface area contributed by atoms with E-state index >= 15 is 0 Å². The summed E-state index contributed by atoms with van der Waals surface area (Å²) in [5.41, 5.74) is 4.77. The molecule has 0 bridgehead atoms. The van der Waals surface area contributed by atoms with E-state index in [0.29, 0.717) is 5.28 Å². The van der Waals surface area contributed by atoms with E-state index in [2.05, 4.69) is 11.0 Å². The molecule has 0 spiro atoms. The van der Waals surface area contributed by atoms with Crippen molar-refractivity contribution in [3.8, 4) is 0 Å². The van der Waals surface area contributed by atoms with Crippen molar-refractivity contribution in [2.24, 2.45) is 0 Å². The van der Waals surface area contributed by atoms with Crippen LogP contribution in [0.5, 0.6) is 0 Å². The molecule has 0 aliphatic rings. The predicted octanol–water partition coefficient (Wildman–Crippen LogP) is -0.388. The van der Waals surface area contributed by atoms with E-state index in [0.717, 1.165) is 0 Å². The van der Waals surface area contributed by atoms with E-state index in [9.17, 15) is 5.21 Å². The summed E-state index contributed by atoms with van der Waals surface area (Å²) in [7, 11) is 3.19. The minimum atomic E-state index is -0.0308. The van der Waals surface area contributed by atoms with Crippen LogP contribution in [0.15, 0.2) is 0 Å². The highest BCUT2D eigenvalue weighted by Gasteiger charge is 1.97. The van der Waals surface area contributed by atoms with E-state index in [1.807, 2.05) is 13.8 Å². The van der Waals surface area contributed by atoms with Gasteiger partial charge in [-0.15, -0.1) is 5.59 Å². The Morgan fingerprint density at radius 3 is 2.36 bits per heavy atom. The van der Waals surface area contributed by atoms with Gasteiger partial charge in [0.15, 0.2) is 0 Å².